The first kappa shape index (κ1) is 23.5. The molecule has 0 radical (unpaired) electrons. The molecule has 0 fully saturated rings. The number of carbonyl (C=O) groups excluding carboxylic acids is 1. The molecule has 0 spiro atoms. The zero-order valence-electron chi connectivity index (χ0n) is 17.4. The smallest absolute Gasteiger partial charge is 0.233 e. The summed E-state index contributed by atoms with van der Waals surface area (Å²) in [6, 6.07) is 8.71. The van der Waals surface area contributed by atoms with Crippen LogP contribution in [0.25, 0.3) is 11.4 Å². The van der Waals surface area contributed by atoms with Crippen molar-refractivity contribution in [3.05, 3.63) is 58.3 Å². The van der Waals surface area contributed by atoms with Gasteiger partial charge in [-0.2, -0.15) is 0 Å². The average molecular weight is 480 g/mol. The van der Waals surface area contributed by atoms with Crippen LogP contribution < -0.4 is 5.32 Å². The summed E-state index contributed by atoms with van der Waals surface area (Å²) in [6.45, 7) is 4.77. The summed E-state index contributed by atoms with van der Waals surface area (Å²) < 4.78 is 7.19. The van der Waals surface area contributed by atoms with E-state index in [2.05, 4.69) is 20.5 Å². The van der Waals surface area contributed by atoms with Crippen molar-refractivity contribution in [2.24, 2.45) is 0 Å². The Morgan fingerprint density at radius 1 is 1.19 bits per heavy atom. The number of benzene rings is 1. The maximum atomic E-state index is 12.8. The van der Waals surface area contributed by atoms with Gasteiger partial charge in [0, 0.05) is 35.1 Å². The number of methoxy groups -OCH3 is 1. The zero-order valence-corrected chi connectivity index (χ0v) is 19.7. The van der Waals surface area contributed by atoms with Crippen LogP contribution in [-0.2, 0) is 16.1 Å². The van der Waals surface area contributed by atoms with Crippen molar-refractivity contribution in [1.29, 1.82) is 0 Å². The molecule has 0 saturated carbocycles. The second-order valence-corrected chi connectivity index (χ2v) is 8.99. The number of nitrogens with one attached hydrogen (secondary N) is 1. The maximum Gasteiger partial charge on any atom is 0.233 e. The molecule has 3 rings (SSSR count). The van der Waals surface area contributed by atoms with E-state index in [1.807, 2.05) is 36.6 Å². The number of hydrogen-bond acceptors (Lipinski definition) is 6. The molecule has 1 N–H and O–H groups in total. The summed E-state index contributed by atoms with van der Waals surface area (Å²) in [4.78, 5) is 16.9. The predicted molar refractivity (Wildman–Crippen MR) is 123 cm³/mol. The van der Waals surface area contributed by atoms with Gasteiger partial charge in [0.1, 0.15) is 0 Å². The van der Waals surface area contributed by atoms with Gasteiger partial charge in [0.15, 0.2) is 11.0 Å². The highest BCUT2D eigenvalue weighted by Gasteiger charge is 2.23. The van der Waals surface area contributed by atoms with Gasteiger partial charge in [-0.05, 0) is 43.7 Å². The Morgan fingerprint density at radius 3 is 2.61 bits per heavy atom. The number of rotatable bonds is 9. The standard InChI is InChI=1S/C21H23Cl2N5O2S/c1-13(17-5-4-16(22)12-18(17)23)25-20(29)14(2)31-21-27-26-19(28(21)10-11-30-3)15-6-8-24-9-7-15/h4-9,12-14H,10-11H2,1-3H3,(H,25,29). The molecule has 1 aromatic carbocycles. The highest BCUT2D eigenvalue weighted by Crippen LogP contribution is 2.29. The van der Waals surface area contributed by atoms with Gasteiger partial charge in [-0.1, -0.05) is 41.0 Å². The van der Waals surface area contributed by atoms with Crippen LogP contribution in [0.2, 0.25) is 10.0 Å². The first-order valence-electron chi connectivity index (χ1n) is 9.65. The van der Waals surface area contributed by atoms with Crippen molar-refractivity contribution in [3.63, 3.8) is 0 Å². The first-order valence-corrected chi connectivity index (χ1v) is 11.3. The molecule has 10 heteroatoms. The number of amides is 1. The molecule has 2 atom stereocenters. The Bertz CT molecular complexity index is 1030. The lowest BCUT2D eigenvalue weighted by atomic mass is 10.1. The normalized spacial score (nSPS) is 13.1. The monoisotopic (exact) mass is 479 g/mol. The van der Waals surface area contributed by atoms with E-state index >= 15 is 0 Å². The number of thioether (sulfide) groups is 1. The van der Waals surface area contributed by atoms with Crippen molar-refractivity contribution < 1.29 is 9.53 Å². The van der Waals surface area contributed by atoms with Crippen molar-refractivity contribution in [2.45, 2.75) is 36.8 Å². The molecule has 0 bridgehead atoms. The molecule has 0 saturated heterocycles. The third-order valence-corrected chi connectivity index (χ3v) is 6.26. The topological polar surface area (TPSA) is 81.9 Å². The van der Waals surface area contributed by atoms with E-state index in [1.165, 1.54) is 11.8 Å². The Morgan fingerprint density at radius 2 is 1.94 bits per heavy atom. The summed E-state index contributed by atoms with van der Waals surface area (Å²) in [6.07, 6.45) is 3.41. The minimum Gasteiger partial charge on any atom is -0.383 e. The van der Waals surface area contributed by atoms with Gasteiger partial charge < -0.3 is 10.1 Å². The Balaban J connectivity index is 1.73. The molecule has 164 valence electrons. The lowest BCUT2D eigenvalue weighted by Gasteiger charge is -2.19. The Hall–Kier alpha value is -2.13. The Labute approximate surface area is 195 Å². The quantitative estimate of drug-likeness (QED) is 0.449. The van der Waals surface area contributed by atoms with Crippen LogP contribution in [0, 0.1) is 0 Å². The molecule has 7 nitrogen and oxygen atoms in total. The fraction of sp³-hybridized carbons (Fsp3) is 0.333. The lowest BCUT2D eigenvalue weighted by molar-refractivity contribution is -0.120. The van der Waals surface area contributed by atoms with E-state index in [-0.39, 0.29) is 11.9 Å². The summed E-state index contributed by atoms with van der Waals surface area (Å²) in [5.74, 6) is 0.575. The highest BCUT2D eigenvalue weighted by atomic mass is 35.5. The molecule has 1 amide bonds. The molecule has 0 aliphatic carbocycles. The largest absolute Gasteiger partial charge is 0.383 e. The fourth-order valence-electron chi connectivity index (χ4n) is 2.95. The van der Waals surface area contributed by atoms with Crippen LogP contribution in [0.3, 0.4) is 0 Å². The van der Waals surface area contributed by atoms with Gasteiger partial charge in [0.25, 0.3) is 0 Å². The zero-order chi connectivity index (χ0) is 22.4. The van der Waals surface area contributed by atoms with E-state index in [0.29, 0.717) is 34.2 Å². The second-order valence-electron chi connectivity index (χ2n) is 6.84. The number of halogens is 2. The fourth-order valence-corrected chi connectivity index (χ4v) is 4.40. The molecule has 2 unspecified atom stereocenters. The van der Waals surface area contributed by atoms with Gasteiger partial charge in [-0.15, -0.1) is 10.2 Å². The molecule has 3 aromatic rings. The molecule has 2 aromatic heterocycles. The first-order chi connectivity index (χ1) is 14.9. The number of hydrogen-bond donors (Lipinski definition) is 1. The summed E-state index contributed by atoms with van der Waals surface area (Å²) in [7, 11) is 1.64. The number of nitrogens with zero attached hydrogens (tertiary/aromatic N) is 4. The third kappa shape index (κ3) is 5.98. The SMILES string of the molecule is COCCn1c(SC(C)C(=O)NC(C)c2ccc(Cl)cc2Cl)nnc1-c1ccncc1. The van der Waals surface area contributed by atoms with Gasteiger partial charge in [0.05, 0.1) is 24.4 Å². The Kier molecular flexibility index (Phi) is 8.31. The van der Waals surface area contributed by atoms with Gasteiger partial charge in [0.2, 0.25) is 5.91 Å². The maximum absolute atomic E-state index is 12.8. The van der Waals surface area contributed by atoms with Crippen LogP contribution in [0.15, 0.2) is 47.9 Å². The van der Waals surface area contributed by atoms with Crippen molar-refractivity contribution in [1.82, 2.24) is 25.1 Å². The molecule has 0 aliphatic rings. The third-order valence-electron chi connectivity index (χ3n) is 4.61. The van der Waals surface area contributed by atoms with Crippen LogP contribution >= 0.6 is 35.0 Å². The molecule has 0 aliphatic heterocycles. The summed E-state index contributed by atoms with van der Waals surface area (Å²) in [5.41, 5.74) is 1.70. The van der Waals surface area contributed by atoms with E-state index in [0.717, 1.165) is 11.1 Å². The van der Waals surface area contributed by atoms with E-state index < -0.39 is 5.25 Å². The van der Waals surface area contributed by atoms with Gasteiger partial charge >= 0.3 is 0 Å². The number of pyridine rings is 1. The minimum absolute atomic E-state index is 0.129. The number of ether oxygens (including phenoxy) is 1. The van der Waals surface area contributed by atoms with Crippen LogP contribution in [0.4, 0.5) is 0 Å². The van der Waals surface area contributed by atoms with E-state index in [1.54, 1.807) is 31.6 Å². The minimum atomic E-state index is -0.399. The van der Waals surface area contributed by atoms with Crippen LogP contribution in [0.1, 0.15) is 25.5 Å². The van der Waals surface area contributed by atoms with Crippen LogP contribution in [0.5, 0.6) is 0 Å². The molecular weight excluding hydrogens is 457 g/mol. The second kappa shape index (κ2) is 10.9. The van der Waals surface area contributed by atoms with Gasteiger partial charge in [-0.25, -0.2) is 0 Å². The number of carbonyl (C=O) groups is 1. The molecular formula is C21H23Cl2N5O2S. The van der Waals surface area contributed by atoms with E-state index in [4.69, 9.17) is 27.9 Å². The molecule has 2 heterocycles. The van der Waals surface area contributed by atoms with Gasteiger partial charge in [-0.3, -0.25) is 14.3 Å². The lowest BCUT2D eigenvalue weighted by Crippen LogP contribution is -2.33. The summed E-state index contributed by atoms with van der Waals surface area (Å²) in [5, 5.41) is 13.0. The van der Waals surface area contributed by atoms with Crippen molar-refractivity contribution >= 4 is 40.9 Å². The number of aromatic nitrogens is 4. The van der Waals surface area contributed by atoms with Crippen molar-refractivity contribution in [2.75, 3.05) is 13.7 Å². The molecule has 31 heavy (non-hydrogen) atoms. The van der Waals surface area contributed by atoms with Crippen LogP contribution in [-0.4, -0.2) is 44.6 Å². The average Bonchev–Trinajstić information content (AvgIpc) is 3.14. The summed E-state index contributed by atoms with van der Waals surface area (Å²) >= 11 is 13.6. The predicted octanol–water partition coefficient (Wildman–Crippen LogP) is 4.65. The highest BCUT2D eigenvalue weighted by molar-refractivity contribution is 8.00. The van der Waals surface area contributed by atoms with E-state index in [9.17, 15) is 4.79 Å². The van der Waals surface area contributed by atoms with Crippen molar-refractivity contribution in [3.8, 4) is 11.4 Å².